The predicted molar refractivity (Wildman–Crippen MR) is 77.2 cm³/mol. The molecule has 1 fully saturated rings. The maximum atomic E-state index is 11.7. The zero-order chi connectivity index (χ0) is 15.2. The van der Waals surface area contributed by atoms with Crippen LogP contribution in [0.5, 0.6) is 0 Å². The Hall–Kier alpha value is -2.08. The molecule has 0 bridgehead atoms. The second kappa shape index (κ2) is 7.08. The number of carboxylic acid groups (broad SMARTS) is 1. The third kappa shape index (κ3) is 4.46. The first-order chi connectivity index (χ1) is 10.1. The number of carbonyl (C=O) groups excluding carboxylic acids is 1. The smallest absolute Gasteiger partial charge is 0.335 e. The monoisotopic (exact) mass is 292 g/mol. The van der Waals surface area contributed by atoms with Crippen LogP contribution in [-0.4, -0.2) is 36.4 Å². The van der Waals surface area contributed by atoms with Gasteiger partial charge in [-0.05, 0) is 31.0 Å². The number of carboxylic acids is 1. The highest BCUT2D eigenvalue weighted by molar-refractivity contribution is 5.87. The highest BCUT2D eigenvalue weighted by Crippen LogP contribution is 2.19. The van der Waals surface area contributed by atoms with E-state index < -0.39 is 5.97 Å². The van der Waals surface area contributed by atoms with Crippen molar-refractivity contribution in [2.75, 3.05) is 13.2 Å². The van der Waals surface area contributed by atoms with Gasteiger partial charge in [-0.15, -0.1) is 0 Å². The van der Waals surface area contributed by atoms with Crippen LogP contribution >= 0.6 is 0 Å². The lowest BCUT2D eigenvalue weighted by Crippen LogP contribution is -2.39. The van der Waals surface area contributed by atoms with Gasteiger partial charge in [-0.3, -0.25) is 0 Å². The molecule has 0 spiro atoms. The first-order valence-electron chi connectivity index (χ1n) is 7.02. The summed E-state index contributed by atoms with van der Waals surface area (Å²) in [7, 11) is 0. The number of amides is 2. The lowest BCUT2D eigenvalue weighted by Gasteiger charge is -2.15. The van der Waals surface area contributed by atoms with Gasteiger partial charge in [0.05, 0.1) is 11.7 Å². The maximum Gasteiger partial charge on any atom is 0.335 e. The van der Waals surface area contributed by atoms with Crippen molar-refractivity contribution in [3.8, 4) is 0 Å². The first kappa shape index (κ1) is 15.3. The lowest BCUT2D eigenvalue weighted by molar-refractivity contribution is 0.0696. The van der Waals surface area contributed by atoms with Crippen LogP contribution in [0.15, 0.2) is 24.3 Å². The van der Waals surface area contributed by atoms with Crippen LogP contribution in [0.4, 0.5) is 4.79 Å². The number of ether oxygens (including phenoxy) is 1. The molecule has 0 saturated carbocycles. The van der Waals surface area contributed by atoms with E-state index >= 15 is 0 Å². The van der Waals surface area contributed by atoms with E-state index in [-0.39, 0.29) is 17.7 Å². The molecule has 21 heavy (non-hydrogen) atoms. The molecule has 1 heterocycles. The fourth-order valence-corrected chi connectivity index (χ4v) is 2.28. The predicted octanol–water partition coefficient (Wildman–Crippen LogP) is 1.61. The van der Waals surface area contributed by atoms with E-state index in [1.165, 1.54) is 12.1 Å². The van der Waals surface area contributed by atoms with Crippen LogP contribution in [0.2, 0.25) is 0 Å². The fraction of sp³-hybridized carbons (Fsp3) is 0.467. The van der Waals surface area contributed by atoms with Crippen molar-refractivity contribution in [1.82, 2.24) is 10.6 Å². The van der Waals surface area contributed by atoms with E-state index in [9.17, 15) is 9.59 Å². The van der Waals surface area contributed by atoms with E-state index in [2.05, 4.69) is 10.6 Å². The molecule has 114 valence electrons. The molecule has 2 atom stereocenters. The number of hydrogen-bond donors (Lipinski definition) is 3. The van der Waals surface area contributed by atoms with E-state index in [0.29, 0.717) is 19.0 Å². The van der Waals surface area contributed by atoms with Gasteiger partial charge in [0.2, 0.25) is 0 Å². The van der Waals surface area contributed by atoms with Crippen molar-refractivity contribution in [3.63, 3.8) is 0 Å². The fourth-order valence-electron chi connectivity index (χ4n) is 2.28. The quantitative estimate of drug-likeness (QED) is 0.769. The SMILES string of the molecule is CC1OCCC1CNC(=O)NCc1ccc(C(=O)O)cc1. The largest absolute Gasteiger partial charge is 0.478 e. The van der Waals surface area contributed by atoms with E-state index in [0.717, 1.165) is 18.6 Å². The van der Waals surface area contributed by atoms with Gasteiger partial charge in [-0.1, -0.05) is 12.1 Å². The average Bonchev–Trinajstić information content (AvgIpc) is 2.88. The highest BCUT2D eigenvalue weighted by atomic mass is 16.5. The van der Waals surface area contributed by atoms with Crippen LogP contribution < -0.4 is 10.6 Å². The number of benzene rings is 1. The Labute approximate surface area is 123 Å². The Bertz CT molecular complexity index is 501. The summed E-state index contributed by atoms with van der Waals surface area (Å²) in [6.07, 6.45) is 1.16. The third-order valence-corrected chi connectivity index (χ3v) is 3.71. The molecular formula is C15H20N2O4. The van der Waals surface area contributed by atoms with Crippen molar-refractivity contribution in [2.45, 2.75) is 26.0 Å². The van der Waals surface area contributed by atoms with Gasteiger partial charge < -0.3 is 20.5 Å². The summed E-state index contributed by atoms with van der Waals surface area (Å²) in [6.45, 7) is 3.74. The van der Waals surface area contributed by atoms with Crippen molar-refractivity contribution in [3.05, 3.63) is 35.4 Å². The van der Waals surface area contributed by atoms with Gasteiger partial charge >= 0.3 is 12.0 Å². The number of aromatic carboxylic acids is 1. The second-order valence-corrected chi connectivity index (χ2v) is 5.19. The van der Waals surface area contributed by atoms with Crippen molar-refractivity contribution in [2.24, 2.45) is 5.92 Å². The summed E-state index contributed by atoms with van der Waals surface area (Å²) >= 11 is 0. The molecule has 2 amide bonds. The van der Waals surface area contributed by atoms with Crippen molar-refractivity contribution < 1.29 is 19.4 Å². The molecule has 6 nitrogen and oxygen atoms in total. The summed E-state index contributed by atoms with van der Waals surface area (Å²) in [5, 5.41) is 14.4. The molecule has 0 radical (unpaired) electrons. The highest BCUT2D eigenvalue weighted by Gasteiger charge is 2.24. The van der Waals surface area contributed by atoms with E-state index in [4.69, 9.17) is 9.84 Å². The summed E-state index contributed by atoms with van der Waals surface area (Å²) < 4.78 is 5.44. The lowest BCUT2D eigenvalue weighted by atomic mass is 10.0. The molecular weight excluding hydrogens is 272 g/mol. The molecule has 2 rings (SSSR count). The molecule has 2 unspecified atom stereocenters. The summed E-state index contributed by atoms with van der Waals surface area (Å²) in [5.74, 6) is -0.592. The van der Waals surface area contributed by atoms with Crippen molar-refractivity contribution in [1.29, 1.82) is 0 Å². The van der Waals surface area contributed by atoms with Crippen LogP contribution in [0.1, 0.15) is 29.3 Å². The molecule has 0 aliphatic carbocycles. The van der Waals surface area contributed by atoms with E-state index in [1.54, 1.807) is 12.1 Å². The number of carbonyl (C=O) groups is 2. The van der Waals surface area contributed by atoms with Crippen molar-refractivity contribution >= 4 is 12.0 Å². The van der Waals surface area contributed by atoms with Gasteiger partial charge in [0.15, 0.2) is 0 Å². The normalized spacial score (nSPS) is 21.0. The van der Waals surface area contributed by atoms with Gasteiger partial charge in [-0.25, -0.2) is 9.59 Å². The molecule has 3 N–H and O–H groups in total. The molecule has 1 aliphatic heterocycles. The summed E-state index contributed by atoms with van der Waals surface area (Å²) in [5.41, 5.74) is 1.09. The summed E-state index contributed by atoms with van der Waals surface area (Å²) in [4.78, 5) is 22.4. The Morgan fingerprint density at radius 3 is 2.57 bits per heavy atom. The number of nitrogens with one attached hydrogen (secondary N) is 2. The average molecular weight is 292 g/mol. The standard InChI is InChI=1S/C15H20N2O4/c1-10-13(6-7-21-10)9-17-15(20)16-8-11-2-4-12(5-3-11)14(18)19/h2-5,10,13H,6-9H2,1H3,(H,18,19)(H2,16,17,20). The minimum Gasteiger partial charge on any atom is -0.478 e. The zero-order valence-electron chi connectivity index (χ0n) is 12.0. The Balaban J connectivity index is 1.72. The minimum absolute atomic E-state index is 0.189. The zero-order valence-corrected chi connectivity index (χ0v) is 12.0. The maximum absolute atomic E-state index is 11.7. The molecule has 1 aliphatic rings. The number of hydrogen-bond acceptors (Lipinski definition) is 3. The number of rotatable bonds is 5. The van der Waals surface area contributed by atoms with Gasteiger partial charge in [0, 0.05) is 25.6 Å². The van der Waals surface area contributed by atoms with Crippen LogP contribution in [-0.2, 0) is 11.3 Å². The van der Waals surface area contributed by atoms with Gasteiger partial charge in [-0.2, -0.15) is 0 Å². The van der Waals surface area contributed by atoms with Crippen LogP contribution in [0.25, 0.3) is 0 Å². The van der Waals surface area contributed by atoms with E-state index in [1.807, 2.05) is 6.92 Å². The molecule has 1 aromatic carbocycles. The number of urea groups is 1. The second-order valence-electron chi connectivity index (χ2n) is 5.19. The van der Waals surface area contributed by atoms with Crippen LogP contribution in [0.3, 0.4) is 0 Å². The third-order valence-electron chi connectivity index (χ3n) is 3.71. The topological polar surface area (TPSA) is 87.7 Å². The van der Waals surface area contributed by atoms with Crippen LogP contribution in [0, 0.1) is 5.92 Å². The Morgan fingerprint density at radius 1 is 1.29 bits per heavy atom. The van der Waals surface area contributed by atoms with Gasteiger partial charge in [0.25, 0.3) is 0 Å². The minimum atomic E-state index is -0.958. The molecule has 6 heteroatoms. The Kier molecular flexibility index (Phi) is 5.16. The Morgan fingerprint density at radius 2 is 2.00 bits per heavy atom. The molecule has 1 saturated heterocycles. The molecule has 0 aromatic heterocycles. The molecule has 1 aromatic rings. The first-order valence-corrected chi connectivity index (χ1v) is 7.02. The van der Waals surface area contributed by atoms with Gasteiger partial charge in [0.1, 0.15) is 0 Å². The summed E-state index contributed by atoms with van der Waals surface area (Å²) in [6, 6.07) is 6.20.